The highest BCUT2D eigenvalue weighted by atomic mass is 32.2. The number of hydrogen-bond acceptors (Lipinski definition) is 4. The number of benzene rings is 1. The molecule has 1 aromatic rings. The first-order valence-corrected chi connectivity index (χ1v) is 5.50. The van der Waals surface area contributed by atoms with Crippen molar-refractivity contribution in [3.63, 3.8) is 0 Å². The van der Waals surface area contributed by atoms with Gasteiger partial charge in [-0.25, -0.2) is 0 Å². The van der Waals surface area contributed by atoms with Crippen molar-refractivity contribution in [3.8, 4) is 0 Å². The molecule has 1 saturated heterocycles. The van der Waals surface area contributed by atoms with Gasteiger partial charge in [-0.15, -0.1) is 11.8 Å². The smallest absolute Gasteiger partial charge is 0.179 e. The summed E-state index contributed by atoms with van der Waals surface area (Å²) in [4.78, 5) is 23.8. The van der Waals surface area contributed by atoms with Crippen LogP contribution in [0.3, 0.4) is 0 Å². The highest BCUT2D eigenvalue weighted by Crippen LogP contribution is 2.25. The molecular weight excluding hydrogens is 212 g/mol. The van der Waals surface area contributed by atoms with Crippen LogP contribution in [0.4, 0.5) is 0 Å². The van der Waals surface area contributed by atoms with Crippen LogP contribution in [-0.2, 0) is 14.3 Å². The summed E-state index contributed by atoms with van der Waals surface area (Å²) in [5.41, 5.74) is 0. The SMILES string of the molecule is O=C1COCC(=O)C1Sc1ccccc1. The third-order valence-electron chi connectivity index (χ3n) is 2.07. The summed E-state index contributed by atoms with van der Waals surface area (Å²) < 4.78 is 4.85. The van der Waals surface area contributed by atoms with E-state index in [0.717, 1.165) is 4.90 Å². The van der Waals surface area contributed by atoms with Crippen LogP contribution in [0, 0.1) is 0 Å². The molecular formula is C11H10O3S. The largest absolute Gasteiger partial charge is 0.366 e. The summed E-state index contributed by atoms with van der Waals surface area (Å²) >= 11 is 1.30. The summed E-state index contributed by atoms with van der Waals surface area (Å²) in [6.07, 6.45) is 0. The zero-order chi connectivity index (χ0) is 10.7. The number of ketones is 2. The molecule has 1 heterocycles. The Morgan fingerprint density at radius 1 is 1.07 bits per heavy atom. The highest BCUT2D eigenvalue weighted by molar-refractivity contribution is 8.01. The Morgan fingerprint density at radius 2 is 1.67 bits per heavy atom. The second-order valence-corrected chi connectivity index (χ2v) is 4.41. The fourth-order valence-electron chi connectivity index (χ4n) is 1.35. The summed E-state index contributed by atoms with van der Waals surface area (Å²) in [7, 11) is 0. The minimum absolute atomic E-state index is 0.0518. The molecule has 0 radical (unpaired) electrons. The maximum atomic E-state index is 11.4. The van der Waals surface area contributed by atoms with Crippen molar-refractivity contribution in [2.45, 2.75) is 10.1 Å². The summed E-state index contributed by atoms with van der Waals surface area (Å²) in [5.74, 6) is -0.278. The van der Waals surface area contributed by atoms with E-state index < -0.39 is 5.25 Å². The molecule has 3 nitrogen and oxygen atoms in total. The van der Waals surface area contributed by atoms with Crippen molar-refractivity contribution in [2.24, 2.45) is 0 Å². The predicted molar refractivity (Wildman–Crippen MR) is 56.9 cm³/mol. The lowest BCUT2D eigenvalue weighted by atomic mass is 10.2. The molecule has 0 N–H and O–H groups in total. The summed E-state index contributed by atoms with van der Waals surface area (Å²) in [6, 6.07) is 9.45. The Kier molecular flexibility index (Phi) is 3.18. The van der Waals surface area contributed by atoms with E-state index in [2.05, 4.69) is 0 Å². The molecule has 4 heteroatoms. The van der Waals surface area contributed by atoms with Crippen LogP contribution >= 0.6 is 11.8 Å². The van der Waals surface area contributed by atoms with Crippen LogP contribution in [0.25, 0.3) is 0 Å². The van der Waals surface area contributed by atoms with E-state index in [1.54, 1.807) is 0 Å². The Morgan fingerprint density at radius 3 is 2.27 bits per heavy atom. The number of carbonyl (C=O) groups is 2. The first-order valence-electron chi connectivity index (χ1n) is 4.62. The fraction of sp³-hybridized carbons (Fsp3) is 0.273. The monoisotopic (exact) mass is 222 g/mol. The van der Waals surface area contributed by atoms with Gasteiger partial charge in [-0.3, -0.25) is 9.59 Å². The van der Waals surface area contributed by atoms with E-state index in [0.29, 0.717) is 0 Å². The van der Waals surface area contributed by atoms with Crippen molar-refractivity contribution in [3.05, 3.63) is 30.3 Å². The molecule has 1 aromatic carbocycles. The first-order chi connectivity index (χ1) is 7.27. The number of rotatable bonds is 2. The average Bonchev–Trinajstić information content (AvgIpc) is 2.25. The Bertz CT molecular complexity index is 359. The van der Waals surface area contributed by atoms with Crippen molar-refractivity contribution in [1.82, 2.24) is 0 Å². The van der Waals surface area contributed by atoms with Gasteiger partial charge in [0.05, 0.1) is 0 Å². The third kappa shape index (κ3) is 2.46. The zero-order valence-electron chi connectivity index (χ0n) is 8.01. The lowest BCUT2D eigenvalue weighted by Crippen LogP contribution is -2.38. The van der Waals surface area contributed by atoms with Gasteiger partial charge in [0.2, 0.25) is 0 Å². The number of Topliss-reactive ketones (excluding diaryl/α,β-unsaturated/α-hetero) is 2. The minimum atomic E-state index is -0.582. The normalized spacial score (nSPS) is 18.1. The summed E-state index contributed by atoms with van der Waals surface area (Å²) in [5, 5.41) is -0.582. The van der Waals surface area contributed by atoms with Crippen LogP contribution in [0.15, 0.2) is 35.2 Å². The van der Waals surface area contributed by atoms with Crippen LogP contribution < -0.4 is 0 Å². The van der Waals surface area contributed by atoms with E-state index in [1.807, 2.05) is 30.3 Å². The van der Waals surface area contributed by atoms with Crippen molar-refractivity contribution < 1.29 is 14.3 Å². The zero-order valence-corrected chi connectivity index (χ0v) is 8.83. The van der Waals surface area contributed by atoms with E-state index >= 15 is 0 Å². The Labute approximate surface area is 91.8 Å². The maximum Gasteiger partial charge on any atom is 0.179 e. The lowest BCUT2D eigenvalue weighted by Gasteiger charge is -2.18. The standard InChI is InChI=1S/C11H10O3S/c12-9-6-14-7-10(13)11(9)15-8-4-2-1-3-5-8/h1-5,11H,6-7H2. The van der Waals surface area contributed by atoms with Crippen LogP contribution in [-0.4, -0.2) is 30.0 Å². The average molecular weight is 222 g/mol. The second kappa shape index (κ2) is 4.59. The third-order valence-corrected chi connectivity index (χ3v) is 3.38. The Balaban J connectivity index is 2.10. The van der Waals surface area contributed by atoms with Gasteiger partial charge in [0.25, 0.3) is 0 Å². The molecule has 0 spiro atoms. The highest BCUT2D eigenvalue weighted by Gasteiger charge is 2.31. The molecule has 1 aliphatic rings. The van der Waals surface area contributed by atoms with Gasteiger partial charge in [-0.05, 0) is 12.1 Å². The van der Waals surface area contributed by atoms with Gasteiger partial charge >= 0.3 is 0 Å². The van der Waals surface area contributed by atoms with Crippen molar-refractivity contribution in [2.75, 3.05) is 13.2 Å². The molecule has 0 aromatic heterocycles. The van der Waals surface area contributed by atoms with Gasteiger partial charge in [0.15, 0.2) is 11.6 Å². The van der Waals surface area contributed by atoms with Crippen LogP contribution in [0.5, 0.6) is 0 Å². The van der Waals surface area contributed by atoms with E-state index in [-0.39, 0.29) is 24.8 Å². The number of thioether (sulfide) groups is 1. The predicted octanol–water partition coefficient (Wildman–Crippen LogP) is 1.32. The number of ether oxygens (including phenoxy) is 1. The molecule has 2 rings (SSSR count). The van der Waals surface area contributed by atoms with Gasteiger partial charge in [-0.1, -0.05) is 18.2 Å². The first kappa shape index (κ1) is 10.4. The van der Waals surface area contributed by atoms with E-state index in [9.17, 15) is 9.59 Å². The van der Waals surface area contributed by atoms with Gasteiger partial charge < -0.3 is 4.74 Å². The molecule has 1 aliphatic heterocycles. The maximum absolute atomic E-state index is 11.4. The molecule has 1 fully saturated rings. The minimum Gasteiger partial charge on any atom is -0.366 e. The van der Waals surface area contributed by atoms with Crippen molar-refractivity contribution in [1.29, 1.82) is 0 Å². The van der Waals surface area contributed by atoms with Crippen LogP contribution in [0.2, 0.25) is 0 Å². The molecule has 0 amide bonds. The quantitative estimate of drug-likeness (QED) is 0.708. The van der Waals surface area contributed by atoms with Crippen molar-refractivity contribution >= 4 is 23.3 Å². The number of hydrogen-bond donors (Lipinski definition) is 0. The second-order valence-electron chi connectivity index (χ2n) is 3.24. The molecule has 0 unspecified atom stereocenters. The van der Waals surface area contributed by atoms with Gasteiger partial charge in [-0.2, -0.15) is 0 Å². The topological polar surface area (TPSA) is 43.4 Å². The van der Waals surface area contributed by atoms with E-state index in [4.69, 9.17) is 4.74 Å². The molecule has 0 aliphatic carbocycles. The molecule has 0 saturated carbocycles. The van der Waals surface area contributed by atoms with Gasteiger partial charge in [0, 0.05) is 4.90 Å². The molecule has 0 bridgehead atoms. The summed E-state index contributed by atoms with van der Waals surface area (Å²) in [6.45, 7) is 0.104. The Hall–Kier alpha value is -1.13. The molecule has 15 heavy (non-hydrogen) atoms. The lowest BCUT2D eigenvalue weighted by molar-refractivity contribution is -0.137. The molecule has 78 valence electrons. The fourth-order valence-corrected chi connectivity index (χ4v) is 2.34. The molecule has 0 atom stereocenters. The van der Waals surface area contributed by atoms with E-state index in [1.165, 1.54) is 11.8 Å². The van der Waals surface area contributed by atoms with Gasteiger partial charge in [0.1, 0.15) is 18.5 Å². The van der Waals surface area contributed by atoms with Crippen LogP contribution in [0.1, 0.15) is 0 Å². The number of carbonyl (C=O) groups excluding carboxylic acids is 2.